The molecule has 2 aromatic carbocycles. The molecular weight excluding hydrogens is 348 g/mol. The van der Waals surface area contributed by atoms with E-state index < -0.39 is 0 Å². The van der Waals surface area contributed by atoms with Gasteiger partial charge in [0.25, 0.3) is 5.91 Å². The van der Waals surface area contributed by atoms with Crippen LogP contribution in [0.1, 0.15) is 27.4 Å². The van der Waals surface area contributed by atoms with Crippen molar-refractivity contribution in [2.45, 2.75) is 20.4 Å². The van der Waals surface area contributed by atoms with Crippen molar-refractivity contribution in [3.63, 3.8) is 0 Å². The van der Waals surface area contributed by atoms with E-state index in [0.29, 0.717) is 28.9 Å². The zero-order valence-electron chi connectivity index (χ0n) is 14.6. The van der Waals surface area contributed by atoms with E-state index in [1.807, 2.05) is 49.4 Å². The first-order valence-electron chi connectivity index (χ1n) is 8.23. The number of anilines is 2. The number of nitrogens with zero attached hydrogens (tertiary/aromatic N) is 2. The van der Waals surface area contributed by atoms with Gasteiger partial charge in [0.2, 0.25) is 0 Å². The number of nitrogens with one attached hydrogen (secondary N) is 2. The summed E-state index contributed by atoms with van der Waals surface area (Å²) in [5.74, 6) is 0.774. The molecule has 0 saturated carbocycles. The first kappa shape index (κ1) is 17.9. The van der Waals surface area contributed by atoms with Gasteiger partial charge in [-0.3, -0.25) is 4.79 Å². The Bertz CT molecular complexity index is 943. The zero-order valence-corrected chi connectivity index (χ0v) is 15.3. The number of hydrogen-bond acceptors (Lipinski definition) is 4. The van der Waals surface area contributed by atoms with Crippen molar-refractivity contribution in [1.29, 1.82) is 0 Å². The Morgan fingerprint density at radius 1 is 1.04 bits per heavy atom. The van der Waals surface area contributed by atoms with Crippen molar-refractivity contribution in [1.82, 2.24) is 15.3 Å². The quantitative estimate of drug-likeness (QED) is 0.701. The van der Waals surface area contributed by atoms with Gasteiger partial charge in [-0.1, -0.05) is 48.0 Å². The fourth-order valence-corrected chi connectivity index (χ4v) is 2.71. The second kappa shape index (κ2) is 7.97. The molecule has 0 radical (unpaired) electrons. The largest absolute Gasteiger partial charge is 0.347 e. The number of rotatable bonds is 5. The summed E-state index contributed by atoms with van der Waals surface area (Å²) in [6, 6.07) is 16.9. The third-order valence-electron chi connectivity index (χ3n) is 3.91. The van der Waals surface area contributed by atoms with E-state index >= 15 is 0 Å². The van der Waals surface area contributed by atoms with Gasteiger partial charge in [0.15, 0.2) is 0 Å². The standard InChI is InChI=1S/C20H19ClN4O/c1-13-7-3-4-8-15(13)12-22-20(26)18-11-19(24-14(2)23-18)25-17-10-6-5-9-16(17)21/h3-11H,12H2,1-2H3,(H,22,26)(H,23,24,25). The highest BCUT2D eigenvalue weighted by Crippen LogP contribution is 2.24. The fourth-order valence-electron chi connectivity index (χ4n) is 2.52. The van der Waals surface area contributed by atoms with Crippen LogP contribution < -0.4 is 10.6 Å². The summed E-state index contributed by atoms with van der Waals surface area (Å²) < 4.78 is 0. The third kappa shape index (κ3) is 4.37. The van der Waals surface area contributed by atoms with Crippen molar-refractivity contribution in [2.75, 3.05) is 5.32 Å². The monoisotopic (exact) mass is 366 g/mol. The highest BCUT2D eigenvalue weighted by Gasteiger charge is 2.11. The molecule has 0 spiro atoms. The maximum absolute atomic E-state index is 12.5. The molecule has 26 heavy (non-hydrogen) atoms. The lowest BCUT2D eigenvalue weighted by molar-refractivity contribution is 0.0945. The van der Waals surface area contributed by atoms with Gasteiger partial charge >= 0.3 is 0 Å². The third-order valence-corrected chi connectivity index (χ3v) is 4.24. The summed E-state index contributed by atoms with van der Waals surface area (Å²) in [7, 11) is 0. The van der Waals surface area contributed by atoms with Gasteiger partial charge < -0.3 is 10.6 Å². The molecule has 1 heterocycles. The van der Waals surface area contributed by atoms with Gasteiger partial charge in [-0.2, -0.15) is 0 Å². The van der Waals surface area contributed by atoms with Crippen LogP contribution in [0.3, 0.4) is 0 Å². The van der Waals surface area contributed by atoms with Crippen LogP contribution in [0.15, 0.2) is 54.6 Å². The number of amides is 1. The van der Waals surface area contributed by atoms with E-state index in [1.165, 1.54) is 0 Å². The Morgan fingerprint density at radius 2 is 1.77 bits per heavy atom. The van der Waals surface area contributed by atoms with Crippen molar-refractivity contribution in [3.05, 3.63) is 82.3 Å². The number of carbonyl (C=O) groups is 1. The summed E-state index contributed by atoms with van der Waals surface area (Å²) in [5.41, 5.74) is 3.23. The number of halogens is 1. The highest BCUT2D eigenvalue weighted by molar-refractivity contribution is 6.33. The molecule has 0 unspecified atom stereocenters. The first-order valence-corrected chi connectivity index (χ1v) is 8.60. The van der Waals surface area contributed by atoms with Crippen LogP contribution in [0.2, 0.25) is 5.02 Å². The van der Waals surface area contributed by atoms with Crippen LogP contribution in [-0.2, 0) is 6.54 Å². The van der Waals surface area contributed by atoms with E-state index in [9.17, 15) is 4.79 Å². The lowest BCUT2D eigenvalue weighted by atomic mass is 10.1. The van der Waals surface area contributed by atoms with Gasteiger partial charge in [0.05, 0.1) is 10.7 Å². The maximum atomic E-state index is 12.5. The summed E-state index contributed by atoms with van der Waals surface area (Å²) >= 11 is 6.16. The van der Waals surface area contributed by atoms with Crippen LogP contribution in [0.25, 0.3) is 0 Å². The van der Waals surface area contributed by atoms with Gasteiger partial charge in [0, 0.05) is 12.6 Å². The van der Waals surface area contributed by atoms with Crippen LogP contribution in [-0.4, -0.2) is 15.9 Å². The minimum atomic E-state index is -0.249. The number of para-hydroxylation sites is 1. The van der Waals surface area contributed by atoms with Crippen LogP contribution in [0.4, 0.5) is 11.5 Å². The molecule has 0 bridgehead atoms. The molecule has 0 aliphatic rings. The second-order valence-corrected chi connectivity index (χ2v) is 6.31. The number of carbonyl (C=O) groups excluding carboxylic acids is 1. The van der Waals surface area contributed by atoms with E-state index in [-0.39, 0.29) is 5.91 Å². The first-order chi connectivity index (χ1) is 12.5. The average molecular weight is 367 g/mol. The topological polar surface area (TPSA) is 66.9 Å². The molecule has 0 aliphatic heterocycles. The normalized spacial score (nSPS) is 10.4. The molecule has 6 heteroatoms. The molecular formula is C20H19ClN4O. The Labute approximate surface area is 157 Å². The summed E-state index contributed by atoms with van der Waals surface area (Å²) in [6.45, 7) is 4.21. The number of aryl methyl sites for hydroxylation is 2. The van der Waals surface area contributed by atoms with Crippen LogP contribution in [0, 0.1) is 13.8 Å². The molecule has 0 aliphatic carbocycles. The molecule has 1 amide bonds. The fraction of sp³-hybridized carbons (Fsp3) is 0.150. The predicted molar refractivity (Wildman–Crippen MR) is 104 cm³/mol. The second-order valence-electron chi connectivity index (χ2n) is 5.90. The lowest BCUT2D eigenvalue weighted by Crippen LogP contribution is -2.24. The van der Waals surface area contributed by atoms with Crippen molar-refractivity contribution >= 4 is 29.0 Å². The summed E-state index contributed by atoms with van der Waals surface area (Å²) in [5, 5.41) is 6.61. The Morgan fingerprint density at radius 3 is 2.54 bits per heavy atom. The minimum Gasteiger partial charge on any atom is -0.347 e. The highest BCUT2D eigenvalue weighted by atomic mass is 35.5. The molecule has 3 aromatic rings. The molecule has 2 N–H and O–H groups in total. The van der Waals surface area contributed by atoms with Crippen molar-refractivity contribution in [2.24, 2.45) is 0 Å². The molecule has 0 saturated heterocycles. The van der Waals surface area contributed by atoms with Crippen molar-refractivity contribution < 1.29 is 4.79 Å². The lowest BCUT2D eigenvalue weighted by Gasteiger charge is -2.11. The SMILES string of the molecule is Cc1nc(Nc2ccccc2Cl)cc(C(=O)NCc2ccccc2C)n1. The minimum absolute atomic E-state index is 0.249. The molecule has 1 aromatic heterocycles. The van der Waals surface area contributed by atoms with Gasteiger partial charge in [-0.25, -0.2) is 9.97 Å². The number of aromatic nitrogens is 2. The van der Waals surface area contributed by atoms with Crippen LogP contribution >= 0.6 is 11.6 Å². The van der Waals surface area contributed by atoms with Gasteiger partial charge in [-0.15, -0.1) is 0 Å². The number of hydrogen-bond donors (Lipinski definition) is 2. The smallest absolute Gasteiger partial charge is 0.270 e. The Kier molecular flexibility index (Phi) is 5.49. The molecule has 0 fully saturated rings. The predicted octanol–water partition coefficient (Wildman–Crippen LogP) is 4.42. The maximum Gasteiger partial charge on any atom is 0.270 e. The van der Waals surface area contributed by atoms with E-state index in [1.54, 1.807) is 19.1 Å². The molecule has 3 rings (SSSR count). The molecule has 0 atom stereocenters. The Balaban J connectivity index is 1.75. The van der Waals surface area contributed by atoms with Crippen molar-refractivity contribution in [3.8, 4) is 0 Å². The number of benzene rings is 2. The molecule has 5 nitrogen and oxygen atoms in total. The summed E-state index contributed by atoms with van der Waals surface area (Å²) in [6.07, 6.45) is 0. The summed E-state index contributed by atoms with van der Waals surface area (Å²) in [4.78, 5) is 21.1. The molecule has 132 valence electrons. The van der Waals surface area contributed by atoms with Crippen LogP contribution in [0.5, 0.6) is 0 Å². The Hall–Kier alpha value is -2.92. The van der Waals surface area contributed by atoms with E-state index in [2.05, 4.69) is 20.6 Å². The van der Waals surface area contributed by atoms with Gasteiger partial charge in [0.1, 0.15) is 17.3 Å². The average Bonchev–Trinajstić information content (AvgIpc) is 2.62. The van der Waals surface area contributed by atoms with E-state index in [0.717, 1.165) is 16.8 Å². The van der Waals surface area contributed by atoms with Gasteiger partial charge in [-0.05, 0) is 37.1 Å². The van der Waals surface area contributed by atoms with E-state index in [4.69, 9.17) is 11.6 Å². The zero-order chi connectivity index (χ0) is 18.5.